The Kier molecular flexibility index (Phi) is 8.03. The molecule has 1 saturated carbocycles. The van der Waals surface area contributed by atoms with E-state index in [0.29, 0.717) is 27.6 Å². The first kappa shape index (κ1) is 22.2. The van der Waals surface area contributed by atoms with Gasteiger partial charge in [-0.2, -0.15) is 0 Å². The summed E-state index contributed by atoms with van der Waals surface area (Å²) in [6, 6.07) is 0. The minimum Gasteiger partial charge on any atom is -0.439 e. The highest BCUT2D eigenvalue weighted by Gasteiger charge is 2.22. The second-order valence-corrected chi connectivity index (χ2v) is 9.98. The molecule has 3 atom stereocenters. The predicted octanol–water partition coefficient (Wildman–Crippen LogP) is 3.78. The van der Waals surface area contributed by atoms with E-state index in [1.54, 1.807) is 6.20 Å². The van der Waals surface area contributed by atoms with Crippen LogP contribution in [-0.4, -0.2) is 43.8 Å². The number of nitrogen functional groups attached to an aromatic ring is 1. The van der Waals surface area contributed by atoms with Crippen molar-refractivity contribution in [3.05, 3.63) is 23.3 Å². The monoisotopic (exact) mass is 439 g/mol. The maximum absolute atomic E-state index is 11.1. The Morgan fingerprint density at radius 1 is 1.21 bits per heavy atom. The molecular weight excluding hydrogens is 410 g/mol. The lowest BCUT2D eigenvalue weighted by Crippen LogP contribution is -2.26. The van der Waals surface area contributed by atoms with Gasteiger partial charge in [0.25, 0.3) is 0 Å². The maximum Gasteiger partial charge on any atom is 0.220 e. The molecule has 1 aliphatic carbocycles. The maximum atomic E-state index is 11.1. The molecule has 2 aromatic rings. The first-order valence-corrected chi connectivity index (χ1v) is 12.2. The zero-order valence-electron chi connectivity index (χ0n) is 17.1. The standard InChI is InChI=1S/C12H14ClN5O.C8H16OS/c13-8-5-17-12(14)18-10(8)9-6-16-11(19-9)7-1-3-15-4-2-7;1-7-4-3-5-8(6-7)10(2)9/h5-7,15H,1-4H2,(H2,14,17,18);7-8H,3-6H2,1-2H3. The smallest absolute Gasteiger partial charge is 0.220 e. The quantitative estimate of drug-likeness (QED) is 0.749. The summed E-state index contributed by atoms with van der Waals surface area (Å²) in [7, 11) is -0.573. The fraction of sp³-hybridized carbons (Fsp3) is 0.650. The fourth-order valence-electron chi connectivity index (χ4n) is 3.89. The molecule has 1 aliphatic heterocycles. The predicted molar refractivity (Wildman–Crippen MR) is 117 cm³/mol. The molecule has 2 aromatic heterocycles. The molecule has 29 heavy (non-hydrogen) atoms. The van der Waals surface area contributed by atoms with E-state index >= 15 is 0 Å². The Bertz CT molecular complexity index is 825. The first-order valence-electron chi connectivity index (χ1n) is 10.2. The largest absolute Gasteiger partial charge is 0.439 e. The topological polar surface area (TPSA) is 107 Å². The number of hydrogen-bond acceptors (Lipinski definition) is 7. The highest BCUT2D eigenvalue weighted by molar-refractivity contribution is 7.84. The van der Waals surface area contributed by atoms with Crippen LogP contribution in [0, 0.1) is 5.92 Å². The number of halogens is 1. The van der Waals surface area contributed by atoms with E-state index < -0.39 is 10.8 Å². The summed E-state index contributed by atoms with van der Waals surface area (Å²) >= 11 is 6.05. The van der Waals surface area contributed by atoms with Crippen LogP contribution in [-0.2, 0) is 10.8 Å². The molecule has 3 heterocycles. The molecule has 160 valence electrons. The van der Waals surface area contributed by atoms with Crippen molar-refractivity contribution < 1.29 is 8.63 Å². The molecule has 0 aromatic carbocycles. The molecule has 3 unspecified atom stereocenters. The molecule has 2 aliphatic rings. The molecule has 4 rings (SSSR count). The van der Waals surface area contributed by atoms with Crippen LogP contribution in [0.5, 0.6) is 0 Å². The molecule has 0 bridgehead atoms. The first-order chi connectivity index (χ1) is 13.9. The molecule has 2 fully saturated rings. The van der Waals surface area contributed by atoms with E-state index in [1.165, 1.54) is 31.9 Å². The minimum absolute atomic E-state index is 0.166. The van der Waals surface area contributed by atoms with Crippen molar-refractivity contribution in [2.75, 3.05) is 25.1 Å². The molecule has 0 spiro atoms. The van der Waals surface area contributed by atoms with Crippen LogP contribution in [0.2, 0.25) is 5.02 Å². The summed E-state index contributed by atoms with van der Waals surface area (Å²) in [6.45, 7) is 4.24. The van der Waals surface area contributed by atoms with Crippen molar-refractivity contribution in [3.8, 4) is 11.5 Å². The van der Waals surface area contributed by atoms with Crippen LogP contribution in [0.15, 0.2) is 16.8 Å². The van der Waals surface area contributed by atoms with Crippen LogP contribution in [0.3, 0.4) is 0 Å². The van der Waals surface area contributed by atoms with E-state index in [2.05, 4.69) is 27.2 Å². The lowest BCUT2D eigenvalue weighted by Gasteiger charge is -2.24. The van der Waals surface area contributed by atoms with Gasteiger partial charge in [0, 0.05) is 28.2 Å². The van der Waals surface area contributed by atoms with Gasteiger partial charge in [-0.25, -0.2) is 15.0 Å². The van der Waals surface area contributed by atoms with Crippen LogP contribution in [0.25, 0.3) is 11.5 Å². The normalized spacial score (nSPS) is 23.8. The molecule has 7 nitrogen and oxygen atoms in total. The van der Waals surface area contributed by atoms with Gasteiger partial charge in [0.15, 0.2) is 11.7 Å². The van der Waals surface area contributed by atoms with Crippen molar-refractivity contribution in [3.63, 3.8) is 0 Å². The van der Waals surface area contributed by atoms with Gasteiger partial charge in [0.05, 0.1) is 17.4 Å². The van der Waals surface area contributed by atoms with Gasteiger partial charge in [0.1, 0.15) is 5.69 Å². The number of aromatic nitrogens is 3. The third kappa shape index (κ3) is 6.23. The van der Waals surface area contributed by atoms with Gasteiger partial charge in [0.2, 0.25) is 5.95 Å². The third-order valence-corrected chi connectivity index (χ3v) is 7.21. The summed E-state index contributed by atoms with van der Waals surface area (Å²) in [5.74, 6) is 2.60. The van der Waals surface area contributed by atoms with Crippen molar-refractivity contribution in [1.82, 2.24) is 20.3 Å². The number of rotatable bonds is 3. The summed E-state index contributed by atoms with van der Waals surface area (Å²) < 4.78 is 16.8. The molecule has 0 radical (unpaired) electrons. The van der Waals surface area contributed by atoms with Crippen molar-refractivity contribution in [2.24, 2.45) is 5.92 Å². The van der Waals surface area contributed by atoms with Crippen LogP contribution < -0.4 is 11.1 Å². The Labute approximate surface area is 179 Å². The third-order valence-electron chi connectivity index (χ3n) is 5.57. The Hall–Kier alpha value is -1.51. The SMILES string of the molecule is CC1CCCC(S(C)=O)C1.Nc1ncc(Cl)c(-c2cnc(C3CCNCC3)o2)n1. The number of hydrogen-bond donors (Lipinski definition) is 2. The van der Waals surface area contributed by atoms with Gasteiger partial charge in [-0.15, -0.1) is 0 Å². The average molecular weight is 440 g/mol. The fourth-order valence-corrected chi connectivity index (χ4v) is 5.17. The lowest BCUT2D eigenvalue weighted by molar-refractivity contribution is 0.378. The number of anilines is 1. The van der Waals surface area contributed by atoms with E-state index in [1.807, 2.05) is 6.26 Å². The molecule has 3 N–H and O–H groups in total. The van der Waals surface area contributed by atoms with E-state index in [-0.39, 0.29) is 5.95 Å². The number of nitrogens with zero attached hydrogens (tertiary/aromatic N) is 3. The van der Waals surface area contributed by atoms with Crippen molar-refractivity contribution in [1.29, 1.82) is 0 Å². The highest BCUT2D eigenvalue weighted by atomic mass is 35.5. The highest BCUT2D eigenvalue weighted by Crippen LogP contribution is 2.31. The number of nitrogens with two attached hydrogens (primary N) is 1. The van der Waals surface area contributed by atoms with Crippen molar-refractivity contribution in [2.45, 2.75) is 56.6 Å². The number of oxazole rings is 1. The number of piperidine rings is 1. The van der Waals surface area contributed by atoms with E-state index in [0.717, 1.165) is 37.7 Å². The molecule has 9 heteroatoms. The van der Waals surface area contributed by atoms with Crippen molar-refractivity contribution >= 4 is 28.3 Å². The second kappa shape index (κ2) is 10.5. The van der Waals surface area contributed by atoms with Crippen LogP contribution in [0.4, 0.5) is 5.95 Å². The molecular formula is C20H30ClN5O2S. The van der Waals surface area contributed by atoms with Crippen LogP contribution in [0.1, 0.15) is 57.3 Å². The average Bonchev–Trinajstić information content (AvgIpc) is 3.21. The summed E-state index contributed by atoms with van der Waals surface area (Å²) in [4.78, 5) is 12.2. The number of nitrogens with one attached hydrogen (secondary N) is 1. The van der Waals surface area contributed by atoms with Gasteiger partial charge >= 0.3 is 0 Å². The van der Waals surface area contributed by atoms with Crippen LogP contribution >= 0.6 is 11.6 Å². The minimum atomic E-state index is -0.573. The van der Waals surface area contributed by atoms with Gasteiger partial charge in [-0.3, -0.25) is 4.21 Å². The zero-order valence-corrected chi connectivity index (χ0v) is 18.6. The molecule has 1 saturated heterocycles. The van der Waals surface area contributed by atoms with E-state index in [4.69, 9.17) is 21.8 Å². The second-order valence-electron chi connectivity index (χ2n) is 7.90. The van der Waals surface area contributed by atoms with Gasteiger partial charge < -0.3 is 15.5 Å². The van der Waals surface area contributed by atoms with Gasteiger partial charge in [-0.05, 0) is 44.7 Å². The Balaban J connectivity index is 0.000000204. The summed E-state index contributed by atoms with van der Waals surface area (Å²) in [5, 5.41) is 4.22. The Morgan fingerprint density at radius 3 is 2.62 bits per heavy atom. The molecule has 0 amide bonds. The summed E-state index contributed by atoms with van der Waals surface area (Å²) in [6.07, 6.45) is 12.0. The van der Waals surface area contributed by atoms with E-state index in [9.17, 15) is 4.21 Å². The lowest BCUT2D eigenvalue weighted by atomic mass is 9.91. The van der Waals surface area contributed by atoms with Gasteiger partial charge in [-0.1, -0.05) is 31.4 Å². The Morgan fingerprint density at radius 2 is 1.97 bits per heavy atom. The summed E-state index contributed by atoms with van der Waals surface area (Å²) in [5.41, 5.74) is 6.05. The zero-order chi connectivity index (χ0) is 20.8.